The molecule has 67 heavy (non-hydrogen) atoms. The number of hydrogen-bond donors (Lipinski definition) is 6. The van der Waals surface area contributed by atoms with Crippen molar-refractivity contribution in [1.29, 1.82) is 0 Å². The summed E-state index contributed by atoms with van der Waals surface area (Å²) in [6.07, 6.45) is 55.0. The molecule has 0 aromatic rings. The van der Waals surface area contributed by atoms with Crippen LogP contribution in [0.4, 0.5) is 0 Å². The number of aliphatic hydroxyl groups is 5. The largest absolute Gasteiger partial charge is 0.394 e. The predicted molar refractivity (Wildman–Crippen MR) is 281 cm³/mol. The van der Waals surface area contributed by atoms with Crippen LogP contribution in [0.15, 0.2) is 36.5 Å². The highest BCUT2D eigenvalue weighted by Gasteiger charge is 2.44. The number of nitrogens with one attached hydrogen (secondary N) is 1. The van der Waals surface area contributed by atoms with Crippen LogP contribution >= 0.6 is 0 Å². The van der Waals surface area contributed by atoms with Gasteiger partial charge in [-0.25, -0.2) is 0 Å². The Morgan fingerprint density at radius 1 is 0.493 bits per heavy atom. The topological polar surface area (TPSA) is 149 Å². The van der Waals surface area contributed by atoms with Crippen molar-refractivity contribution in [3.05, 3.63) is 36.5 Å². The summed E-state index contributed by atoms with van der Waals surface area (Å²) in [5.41, 5.74) is 0. The van der Waals surface area contributed by atoms with Gasteiger partial charge in [-0.15, -0.1) is 0 Å². The van der Waals surface area contributed by atoms with Crippen molar-refractivity contribution in [1.82, 2.24) is 5.32 Å². The highest BCUT2D eigenvalue weighted by molar-refractivity contribution is 5.76. The third kappa shape index (κ3) is 37.9. The third-order valence-electron chi connectivity index (χ3n) is 13.7. The number of rotatable bonds is 49. The van der Waals surface area contributed by atoms with E-state index in [2.05, 4.69) is 43.5 Å². The molecule has 7 unspecified atom stereocenters. The molecule has 1 aliphatic heterocycles. The fraction of sp³-hybridized carbons (Fsp3) is 0.879. The van der Waals surface area contributed by atoms with Gasteiger partial charge in [-0.1, -0.05) is 243 Å². The smallest absolute Gasteiger partial charge is 0.220 e. The Balaban J connectivity index is 2.22. The maximum atomic E-state index is 13.0. The second-order valence-corrected chi connectivity index (χ2v) is 20.1. The van der Waals surface area contributed by atoms with Gasteiger partial charge in [0, 0.05) is 6.42 Å². The van der Waals surface area contributed by atoms with Crippen LogP contribution in [-0.2, 0) is 14.3 Å². The van der Waals surface area contributed by atoms with E-state index in [1.807, 2.05) is 6.08 Å². The van der Waals surface area contributed by atoms with Gasteiger partial charge in [-0.2, -0.15) is 0 Å². The number of hydrogen-bond acceptors (Lipinski definition) is 8. The van der Waals surface area contributed by atoms with E-state index >= 15 is 0 Å². The van der Waals surface area contributed by atoms with Crippen LogP contribution in [0.3, 0.4) is 0 Å². The Bertz CT molecular complexity index is 1150. The first-order valence-corrected chi connectivity index (χ1v) is 28.7. The first-order valence-electron chi connectivity index (χ1n) is 28.7. The highest BCUT2D eigenvalue weighted by atomic mass is 16.7. The summed E-state index contributed by atoms with van der Waals surface area (Å²) >= 11 is 0. The number of carbonyl (C=O) groups is 1. The normalized spacial score (nSPS) is 19.9. The average Bonchev–Trinajstić information content (AvgIpc) is 3.33. The SMILES string of the molecule is CCCCCCCCCCCCC/C=C/CC/C=C/C(O)C(COC1OC(CO)C(O)C(O)C1O)NC(=O)CCCCCCCCCCCCC/C=C\CCCCCCCCCCCCCC. The summed E-state index contributed by atoms with van der Waals surface area (Å²) in [5, 5.41) is 54.4. The third-order valence-corrected chi connectivity index (χ3v) is 13.7. The summed E-state index contributed by atoms with van der Waals surface area (Å²) in [6, 6.07) is -0.821. The molecule has 6 N–H and O–H groups in total. The van der Waals surface area contributed by atoms with Gasteiger partial charge in [0.2, 0.25) is 5.91 Å². The summed E-state index contributed by atoms with van der Waals surface area (Å²) < 4.78 is 11.2. The zero-order valence-corrected chi connectivity index (χ0v) is 43.7. The second-order valence-electron chi connectivity index (χ2n) is 20.1. The lowest BCUT2D eigenvalue weighted by atomic mass is 9.99. The maximum Gasteiger partial charge on any atom is 0.220 e. The minimum absolute atomic E-state index is 0.185. The van der Waals surface area contributed by atoms with Gasteiger partial charge in [-0.05, 0) is 57.8 Å². The minimum Gasteiger partial charge on any atom is -0.394 e. The van der Waals surface area contributed by atoms with Gasteiger partial charge in [0.25, 0.3) is 0 Å². The van der Waals surface area contributed by atoms with Crippen LogP contribution in [0.1, 0.15) is 271 Å². The van der Waals surface area contributed by atoms with Crippen LogP contribution < -0.4 is 5.32 Å². The highest BCUT2D eigenvalue weighted by Crippen LogP contribution is 2.23. The molecule has 1 aliphatic rings. The Morgan fingerprint density at radius 3 is 1.25 bits per heavy atom. The average molecular weight is 949 g/mol. The molecule has 9 nitrogen and oxygen atoms in total. The van der Waals surface area contributed by atoms with E-state index in [9.17, 15) is 30.3 Å². The molecule has 394 valence electrons. The lowest BCUT2D eigenvalue weighted by Crippen LogP contribution is -2.60. The number of unbranched alkanes of at least 4 members (excludes halogenated alkanes) is 35. The zero-order chi connectivity index (χ0) is 48.7. The summed E-state index contributed by atoms with van der Waals surface area (Å²) in [5.74, 6) is -0.185. The van der Waals surface area contributed by atoms with Gasteiger partial charge in [0.05, 0.1) is 25.4 Å². The van der Waals surface area contributed by atoms with Crippen LogP contribution in [0.5, 0.6) is 0 Å². The molecule has 1 saturated heterocycles. The van der Waals surface area contributed by atoms with Gasteiger partial charge < -0.3 is 40.3 Å². The Kier molecular flexibility index (Phi) is 45.5. The molecule has 1 heterocycles. The molecule has 0 saturated carbocycles. The molecule has 1 fully saturated rings. The number of allylic oxidation sites excluding steroid dienone is 5. The molecule has 0 spiro atoms. The molecule has 0 aromatic carbocycles. The molecule has 0 radical (unpaired) electrons. The number of aliphatic hydroxyl groups excluding tert-OH is 5. The van der Waals surface area contributed by atoms with Gasteiger partial charge in [0.15, 0.2) is 6.29 Å². The van der Waals surface area contributed by atoms with Crippen molar-refractivity contribution in [2.24, 2.45) is 0 Å². The molecular formula is C58H109NO8. The Labute approximate surface area is 412 Å². The lowest BCUT2D eigenvalue weighted by Gasteiger charge is -2.40. The molecule has 7 atom stereocenters. The van der Waals surface area contributed by atoms with Crippen LogP contribution in [0, 0.1) is 0 Å². The summed E-state index contributed by atoms with van der Waals surface area (Å²) in [4.78, 5) is 13.0. The van der Waals surface area contributed by atoms with E-state index in [1.54, 1.807) is 6.08 Å². The molecule has 0 aromatic heterocycles. The maximum absolute atomic E-state index is 13.0. The van der Waals surface area contributed by atoms with Crippen molar-refractivity contribution >= 4 is 5.91 Å². The summed E-state index contributed by atoms with van der Waals surface area (Å²) in [7, 11) is 0. The molecule has 1 rings (SSSR count). The fourth-order valence-electron chi connectivity index (χ4n) is 9.11. The van der Waals surface area contributed by atoms with Crippen LogP contribution in [0.25, 0.3) is 0 Å². The first kappa shape index (κ1) is 63.4. The molecule has 0 aliphatic carbocycles. The van der Waals surface area contributed by atoms with Gasteiger partial charge >= 0.3 is 0 Å². The van der Waals surface area contributed by atoms with E-state index in [-0.39, 0.29) is 12.5 Å². The quantitative estimate of drug-likeness (QED) is 0.0261. The van der Waals surface area contributed by atoms with E-state index in [0.717, 1.165) is 38.5 Å². The number of carbonyl (C=O) groups excluding carboxylic acids is 1. The number of amides is 1. The predicted octanol–water partition coefficient (Wildman–Crippen LogP) is 14.0. The summed E-state index contributed by atoms with van der Waals surface area (Å²) in [6.45, 7) is 3.79. The number of ether oxygens (including phenoxy) is 2. The Morgan fingerprint density at radius 2 is 0.851 bits per heavy atom. The van der Waals surface area contributed by atoms with Crippen molar-refractivity contribution in [3.8, 4) is 0 Å². The molecule has 0 bridgehead atoms. The van der Waals surface area contributed by atoms with E-state index in [1.165, 1.54) is 212 Å². The molecule has 9 heteroatoms. The van der Waals surface area contributed by atoms with Gasteiger partial charge in [0.1, 0.15) is 24.4 Å². The fourth-order valence-corrected chi connectivity index (χ4v) is 9.11. The second kappa shape index (κ2) is 48.1. The lowest BCUT2D eigenvalue weighted by molar-refractivity contribution is -0.302. The molecular weight excluding hydrogens is 839 g/mol. The molecule has 1 amide bonds. The first-order chi connectivity index (χ1) is 32.8. The van der Waals surface area contributed by atoms with Gasteiger partial charge in [-0.3, -0.25) is 4.79 Å². The standard InChI is InChI=1S/C58H109NO8/c1-3-5-7-9-11-13-15-17-19-21-22-23-24-25-26-27-28-29-30-32-34-36-38-40-42-44-46-48-54(62)59-51(50-66-58-57(65)56(64)55(63)53(49-60)67-58)52(61)47-45-43-41-39-37-35-33-31-20-18-16-14-12-10-8-6-4-2/h25-26,37,39,45,47,51-53,55-58,60-61,63-65H,3-24,27-36,38,40-44,46,48-50H2,1-2H3,(H,59,62)/b26-25-,39-37+,47-45+. The van der Waals surface area contributed by atoms with Crippen molar-refractivity contribution in [3.63, 3.8) is 0 Å². The van der Waals surface area contributed by atoms with Crippen LogP contribution in [-0.4, -0.2) is 87.5 Å². The Hall–Kier alpha value is -1.59. The van der Waals surface area contributed by atoms with Crippen LogP contribution in [0.2, 0.25) is 0 Å². The van der Waals surface area contributed by atoms with Crippen molar-refractivity contribution in [2.75, 3.05) is 13.2 Å². The minimum atomic E-state index is -1.57. The zero-order valence-electron chi connectivity index (χ0n) is 43.7. The van der Waals surface area contributed by atoms with Crippen molar-refractivity contribution in [2.45, 2.75) is 314 Å². The van der Waals surface area contributed by atoms with E-state index < -0.39 is 49.5 Å². The van der Waals surface area contributed by atoms with E-state index in [4.69, 9.17) is 9.47 Å². The van der Waals surface area contributed by atoms with E-state index in [0.29, 0.717) is 6.42 Å². The monoisotopic (exact) mass is 948 g/mol. The van der Waals surface area contributed by atoms with Crippen molar-refractivity contribution < 1.29 is 39.8 Å².